The first-order chi connectivity index (χ1) is 9.85. The molecule has 0 unspecified atom stereocenters. The van der Waals surface area contributed by atoms with Gasteiger partial charge in [-0.15, -0.1) is 0 Å². The maximum absolute atomic E-state index is 4.14. The molecule has 2 heterocycles. The van der Waals surface area contributed by atoms with E-state index in [1.165, 1.54) is 10.9 Å². The van der Waals surface area contributed by atoms with Gasteiger partial charge in [-0.2, -0.15) is 5.10 Å². The molecule has 3 rings (SSSR count). The lowest BCUT2D eigenvalue weighted by atomic mass is 9.79. The molecule has 1 saturated heterocycles. The van der Waals surface area contributed by atoms with Crippen LogP contribution in [0.1, 0.15) is 46.1 Å². The minimum absolute atomic E-state index is 0.180. The highest BCUT2D eigenvalue weighted by Gasteiger charge is 2.37. The lowest BCUT2D eigenvalue weighted by molar-refractivity contribution is 0.145. The van der Waals surface area contributed by atoms with Crippen molar-refractivity contribution in [3.63, 3.8) is 0 Å². The standard InChI is InChI=1S/C17H26N4/c1-16(2)8-14(9-17(3,4)21-16)18-10-12-6-5-7-13-11-19-20-15(12)13/h5-7,11,14,18,21H,8-10H2,1-4H3,(H,19,20). The minimum Gasteiger partial charge on any atom is -0.310 e. The van der Waals surface area contributed by atoms with Crippen molar-refractivity contribution in [1.29, 1.82) is 0 Å². The Kier molecular flexibility index (Phi) is 3.54. The SMILES string of the molecule is CC1(C)CC(NCc2cccc3cn[nH]c23)CC(C)(C)N1. The van der Waals surface area contributed by atoms with Gasteiger partial charge in [0, 0.05) is 29.1 Å². The monoisotopic (exact) mass is 286 g/mol. The third-order valence-corrected chi connectivity index (χ3v) is 4.33. The highest BCUT2D eigenvalue weighted by atomic mass is 15.1. The molecule has 0 aliphatic carbocycles. The molecular formula is C17H26N4. The van der Waals surface area contributed by atoms with E-state index in [2.05, 4.69) is 66.7 Å². The van der Waals surface area contributed by atoms with Gasteiger partial charge in [-0.1, -0.05) is 18.2 Å². The smallest absolute Gasteiger partial charge is 0.0695 e. The molecule has 4 heteroatoms. The topological polar surface area (TPSA) is 52.7 Å². The van der Waals surface area contributed by atoms with Gasteiger partial charge in [0.2, 0.25) is 0 Å². The molecule has 1 aliphatic heterocycles. The summed E-state index contributed by atoms with van der Waals surface area (Å²) >= 11 is 0. The van der Waals surface area contributed by atoms with Crippen LogP contribution in [0.25, 0.3) is 10.9 Å². The number of aromatic nitrogens is 2. The normalized spacial score (nSPS) is 21.7. The van der Waals surface area contributed by atoms with Crippen molar-refractivity contribution >= 4 is 10.9 Å². The number of hydrogen-bond donors (Lipinski definition) is 3. The molecule has 0 radical (unpaired) electrons. The van der Waals surface area contributed by atoms with Crippen molar-refractivity contribution in [2.24, 2.45) is 0 Å². The lowest BCUT2D eigenvalue weighted by Crippen LogP contribution is -2.61. The van der Waals surface area contributed by atoms with E-state index in [0.717, 1.165) is 24.9 Å². The number of H-pyrrole nitrogens is 1. The number of para-hydroxylation sites is 1. The summed E-state index contributed by atoms with van der Waals surface area (Å²) in [6, 6.07) is 6.91. The van der Waals surface area contributed by atoms with Crippen LogP contribution in [-0.2, 0) is 6.54 Å². The van der Waals surface area contributed by atoms with Crippen LogP contribution in [0.15, 0.2) is 24.4 Å². The van der Waals surface area contributed by atoms with Crippen LogP contribution in [0.5, 0.6) is 0 Å². The van der Waals surface area contributed by atoms with Crippen LogP contribution in [0, 0.1) is 0 Å². The van der Waals surface area contributed by atoms with Gasteiger partial charge in [0.1, 0.15) is 0 Å². The van der Waals surface area contributed by atoms with Crippen LogP contribution in [0.2, 0.25) is 0 Å². The molecular weight excluding hydrogens is 260 g/mol. The molecule has 1 aliphatic rings. The summed E-state index contributed by atoms with van der Waals surface area (Å²) < 4.78 is 0. The zero-order valence-corrected chi connectivity index (χ0v) is 13.5. The van der Waals surface area contributed by atoms with Gasteiger partial charge < -0.3 is 10.6 Å². The molecule has 4 nitrogen and oxygen atoms in total. The second-order valence-corrected chi connectivity index (χ2v) is 7.63. The van der Waals surface area contributed by atoms with Crippen molar-refractivity contribution in [3.8, 4) is 0 Å². The maximum Gasteiger partial charge on any atom is 0.0695 e. The zero-order chi connectivity index (χ0) is 15.1. The van der Waals surface area contributed by atoms with Crippen LogP contribution in [0.4, 0.5) is 0 Å². The Bertz CT molecular complexity index is 611. The van der Waals surface area contributed by atoms with E-state index in [0.29, 0.717) is 6.04 Å². The molecule has 1 aromatic carbocycles. The number of benzene rings is 1. The molecule has 0 spiro atoms. The van der Waals surface area contributed by atoms with Crippen molar-refractivity contribution in [1.82, 2.24) is 20.8 Å². The van der Waals surface area contributed by atoms with Gasteiger partial charge >= 0.3 is 0 Å². The van der Waals surface area contributed by atoms with Crippen molar-refractivity contribution in [2.75, 3.05) is 0 Å². The number of hydrogen-bond acceptors (Lipinski definition) is 3. The molecule has 1 fully saturated rings. The quantitative estimate of drug-likeness (QED) is 0.813. The molecule has 0 bridgehead atoms. The Labute approximate surface area is 126 Å². The summed E-state index contributed by atoms with van der Waals surface area (Å²) in [5.41, 5.74) is 2.80. The van der Waals surface area contributed by atoms with Gasteiger partial charge in [0.15, 0.2) is 0 Å². The van der Waals surface area contributed by atoms with Crippen LogP contribution < -0.4 is 10.6 Å². The summed E-state index contributed by atoms with van der Waals surface area (Å²) in [6.07, 6.45) is 4.18. The molecule has 114 valence electrons. The van der Waals surface area contributed by atoms with Gasteiger partial charge in [-0.05, 0) is 46.1 Å². The number of piperidine rings is 1. The molecule has 3 N–H and O–H groups in total. The third kappa shape index (κ3) is 3.27. The fourth-order valence-electron chi connectivity index (χ4n) is 3.90. The molecule has 0 atom stereocenters. The lowest BCUT2D eigenvalue weighted by Gasteiger charge is -2.46. The third-order valence-electron chi connectivity index (χ3n) is 4.33. The Morgan fingerprint density at radius 3 is 2.62 bits per heavy atom. The zero-order valence-electron chi connectivity index (χ0n) is 13.5. The van der Waals surface area contributed by atoms with E-state index in [1.807, 2.05) is 6.20 Å². The fourth-order valence-corrected chi connectivity index (χ4v) is 3.90. The second kappa shape index (κ2) is 5.11. The number of nitrogens with zero attached hydrogens (tertiary/aromatic N) is 1. The predicted octanol–water partition coefficient (Wildman–Crippen LogP) is 2.96. The van der Waals surface area contributed by atoms with Crippen molar-refractivity contribution in [2.45, 2.75) is 64.2 Å². The highest BCUT2D eigenvalue weighted by Crippen LogP contribution is 2.28. The van der Waals surface area contributed by atoms with E-state index < -0.39 is 0 Å². The van der Waals surface area contributed by atoms with E-state index in [4.69, 9.17) is 0 Å². The molecule has 0 amide bonds. The molecule has 0 saturated carbocycles. The van der Waals surface area contributed by atoms with Gasteiger partial charge in [-0.25, -0.2) is 0 Å². The van der Waals surface area contributed by atoms with E-state index in [-0.39, 0.29) is 11.1 Å². The van der Waals surface area contributed by atoms with Crippen LogP contribution >= 0.6 is 0 Å². The number of nitrogens with one attached hydrogen (secondary N) is 3. The average molecular weight is 286 g/mol. The van der Waals surface area contributed by atoms with Gasteiger partial charge in [0.25, 0.3) is 0 Å². The Hall–Kier alpha value is -1.39. The van der Waals surface area contributed by atoms with Crippen LogP contribution in [-0.4, -0.2) is 27.3 Å². The Morgan fingerprint density at radius 2 is 1.90 bits per heavy atom. The van der Waals surface area contributed by atoms with Crippen molar-refractivity contribution in [3.05, 3.63) is 30.0 Å². The van der Waals surface area contributed by atoms with Crippen LogP contribution in [0.3, 0.4) is 0 Å². The van der Waals surface area contributed by atoms with E-state index in [1.54, 1.807) is 0 Å². The van der Waals surface area contributed by atoms with Crippen molar-refractivity contribution < 1.29 is 0 Å². The first-order valence-electron chi connectivity index (χ1n) is 7.78. The Balaban J connectivity index is 1.71. The van der Waals surface area contributed by atoms with Gasteiger partial charge in [-0.3, -0.25) is 5.10 Å². The highest BCUT2D eigenvalue weighted by molar-refractivity contribution is 5.81. The average Bonchev–Trinajstić information content (AvgIpc) is 2.81. The fraction of sp³-hybridized carbons (Fsp3) is 0.588. The first-order valence-corrected chi connectivity index (χ1v) is 7.78. The summed E-state index contributed by atoms with van der Waals surface area (Å²) in [7, 11) is 0. The summed E-state index contributed by atoms with van der Waals surface area (Å²) in [6.45, 7) is 10.0. The van der Waals surface area contributed by atoms with E-state index in [9.17, 15) is 0 Å². The summed E-state index contributed by atoms with van der Waals surface area (Å²) in [5.74, 6) is 0. The number of aromatic amines is 1. The largest absolute Gasteiger partial charge is 0.310 e. The Morgan fingerprint density at radius 1 is 1.19 bits per heavy atom. The summed E-state index contributed by atoms with van der Waals surface area (Å²) in [4.78, 5) is 0. The maximum atomic E-state index is 4.14. The van der Waals surface area contributed by atoms with Gasteiger partial charge in [0.05, 0.1) is 11.7 Å². The number of fused-ring (bicyclic) bond motifs is 1. The molecule has 21 heavy (non-hydrogen) atoms. The first kappa shape index (κ1) is 14.5. The molecule has 2 aromatic rings. The molecule has 1 aromatic heterocycles. The number of rotatable bonds is 3. The predicted molar refractivity (Wildman–Crippen MR) is 87.2 cm³/mol. The second-order valence-electron chi connectivity index (χ2n) is 7.63. The van der Waals surface area contributed by atoms with E-state index >= 15 is 0 Å². The minimum atomic E-state index is 0.180. The summed E-state index contributed by atoms with van der Waals surface area (Å²) in [5, 5.41) is 15.9.